The summed E-state index contributed by atoms with van der Waals surface area (Å²) in [5.41, 5.74) is 1.39. The Hall–Kier alpha value is -1.15. The Labute approximate surface area is 120 Å². The number of hydrogen-bond acceptors (Lipinski definition) is 0. The van der Waals surface area contributed by atoms with E-state index in [0.29, 0.717) is 12.0 Å². The van der Waals surface area contributed by atoms with Crippen molar-refractivity contribution in [2.75, 3.05) is 0 Å². The molecule has 2 heteroatoms. The number of halogens is 1. The highest BCUT2D eigenvalue weighted by Crippen LogP contribution is 2.20. The molecule has 0 aliphatic rings. The molecule has 0 amide bonds. The van der Waals surface area contributed by atoms with Gasteiger partial charge in [-0.3, -0.25) is 0 Å². The summed E-state index contributed by atoms with van der Waals surface area (Å²) in [6, 6.07) is 17.4. The Morgan fingerprint density at radius 3 is 2.00 bits per heavy atom. The summed E-state index contributed by atoms with van der Waals surface area (Å²) >= 11 is 0. The van der Waals surface area contributed by atoms with Crippen molar-refractivity contribution in [3.63, 3.8) is 0 Å². The van der Waals surface area contributed by atoms with E-state index in [9.17, 15) is 0 Å². The van der Waals surface area contributed by atoms with Crippen LogP contribution in [0.5, 0.6) is 0 Å². The number of aromatic nitrogens is 1. The van der Waals surface area contributed by atoms with E-state index in [2.05, 4.69) is 79.3 Å². The first kappa shape index (κ1) is 14.9. The molecule has 18 heavy (non-hydrogen) atoms. The fourth-order valence-corrected chi connectivity index (χ4v) is 2.17. The Balaban J connectivity index is 0.00000162. The van der Waals surface area contributed by atoms with Gasteiger partial charge in [-0.25, -0.2) is 0 Å². The topological polar surface area (TPSA) is 3.88 Å². The van der Waals surface area contributed by atoms with Crippen LogP contribution in [-0.2, 0) is 0 Å². The molecule has 0 aliphatic carbocycles. The maximum Gasteiger partial charge on any atom is 0.183 e. The molecule has 0 radical (unpaired) electrons. The Morgan fingerprint density at radius 2 is 1.44 bits per heavy atom. The molecule has 0 saturated carbocycles. The summed E-state index contributed by atoms with van der Waals surface area (Å²) in [5, 5.41) is 0. The number of rotatable bonds is 4. The van der Waals surface area contributed by atoms with Crippen LogP contribution in [0.1, 0.15) is 31.9 Å². The molecule has 1 nitrogen and oxygen atoms in total. The van der Waals surface area contributed by atoms with E-state index in [-0.39, 0.29) is 17.0 Å². The van der Waals surface area contributed by atoms with Crippen LogP contribution < -0.4 is 21.5 Å². The van der Waals surface area contributed by atoms with Gasteiger partial charge in [-0.1, -0.05) is 50.2 Å². The van der Waals surface area contributed by atoms with Crippen molar-refractivity contribution in [2.24, 2.45) is 5.92 Å². The first-order valence-corrected chi connectivity index (χ1v) is 6.28. The monoisotopic (exact) mass is 305 g/mol. The molecule has 1 atom stereocenters. The molecule has 96 valence electrons. The molecular weight excluding hydrogens is 286 g/mol. The highest BCUT2D eigenvalue weighted by atomic mass is 79.9. The predicted molar refractivity (Wildman–Crippen MR) is 70.7 cm³/mol. The first-order chi connectivity index (χ1) is 8.27. The normalized spacial score (nSPS) is 11.9. The number of hydrogen-bond donors (Lipinski definition) is 0. The lowest BCUT2D eigenvalue weighted by Crippen LogP contribution is -3.00. The molecule has 0 N–H and O–H groups in total. The SMILES string of the molecule is CC(C)CC(c1ccccc1)[n+]1ccccc1.[Br-]. The van der Waals surface area contributed by atoms with Gasteiger partial charge in [0.1, 0.15) is 0 Å². The average molecular weight is 306 g/mol. The van der Waals surface area contributed by atoms with Crippen LogP contribution in [0, 0.1) is 5.92 Å². The molecule has 1 aromatic heterocycles. The van der Waals surface area contributed by atoms with Crippen LogP contribution in [-0.4, -0.2) is 0 Å². The standard InChI is InChI=1S/C16H20N.BrH/c1-14(2)13-16(15-9-5-3-6-10-15)17-11-7-4-8-12-17;/h3-12,14,16H,13H2,1-2H3;1H/q+1;/p-1. The van der Waals surface area contributed by atoms with Gasteiger partial charge in [0.2, 0.25) is 0 Å². The van der Waals surface area contributed by atoms with E-state index in [1.54, 1.807) is 0 Å². The lowest BCUT2D eigenvalue weighted by atomic mass is 9.97. The minimum Gasteiger partial charge on any atom is -1.00 e. The lowest BCUT2D eigenvalue weighted by molar-refractivity contribution is -0.715. The van der Waals surface area contributed by atoms with Crippen molar-refractivity contribution in [3.05, 3.63) is 66.5 Å². The van der Waals surface area contributed by atoms with E-state index in [1.807, 2.05) is 0 Å². The van der Waals surface area contributed by atoms with E-state index in [0.717, 1.165) is 0 Å². The molecule has 2 aromatic rings. The summed E-state index contributed by atoms with van der Waals surface area (Å²) < 4.78 is 2.30. The quantitative estimate of drug-likeness (QED) is 0.729. The number of pyridine rings is 1. The molecule has 0 saturated heterocycles. The largest absolute Gasteiger partial charge is 1.00 e. The molecule has 0 bridgehead atoms. The fourth-order valence-electron chi connectivity index (χ4n) is 2.17. The summed E-state index contributed by atoms with van der Waals surface area (Å²) in [6.07, 6.45) is 5.47. The lowest BCUT2D eigenvalue weighted by Gasteiger charge is -2.14. The fraction of sp³-hybridized carbons (Fsp3) is 0.312. The van der Waals surface area contributed by atoms with Crippen LogP contribution in [0.2, 0.25) is 0 Å². The maximum absolute atomic E-state index is 2.30. The van der Waals surface area contributed by atoms with Gasteiger partial charge >= 0.3 is 0 Å². The zero-order chi connectivity index (χ0) is 12.1. The summed E-state index contributed by atoms with van der Waals surface area (Å²) in [6.45, 7) is 4.55. The highest BCUT2D eigenvalue weighted by Gasteiger charge is 2.21. The second-order valence-electron chi connectivity index (χ2n) is 4.88. The maximum atomic E-state index is 2.30. The zero-order valence-electron chi connectivity index (χ0n) is 11.0. The van der Waals surface area contributed by atoms with E-state index >= 15 is 0 Å². The minimum atomic E-state index is 0. The van der Waals surface area contributed by atoms with Crippen molar-refractivity contribution in [1.29, 1.82) is 0 Å². The van der Waals surface area contributed by atoms with Crippen molar-refractivity contribution in [3.8, 4) is 0 Å². The molecule has 0 aliphatic heterocycles. The van der Waals surface area contributed by atoms with Gasteiger partial charge in [-0.15, -0.1) is 0 Å². The van der Waals surface area contributed by atoms with Crippen molar-refractivity contribution in [1.82, 2.24) is 0 Å². The molecule has 0 fully saturated rings. The molecule has 1 aromatic carbocycles. The summed E-state index contributed by atoms with van der Waals surface area (Å²) in [5.74, 6) is 0.688. The van der Waals surface area contributed by atoms with Crippen molar-refractivity contribution in [2.45, 2.75) is 26.3 Å². The zero-order valence-corrected chi connectivity index (χ0v) is 12.5. The van der Waals surface area contributed by atoms with E-state index in [1.165, 1.54) is 12.0 Å². The Bertz CT molecular complexity index is 400. The number of benzene rings is 1. The molecule has 2 rings (SSSR count). The van der Waals surface area contributed by atoms with Gasteiger partial charge in [0, 0.05) is 24.1 Å². The third-order valence-corrected chi connectivity index (χ3v) is 2.98. The van der Waals surface area contributed by atoms with E-state index < -0.39 is 0 Å². The summed E-state index contributed by atoms with van der Waals surface area (Å²) in [4.78, 5) is 0. The van der Waals surface area contributed by atoms with Gasteiger partial charge in [0.25, 0.3) is 0 Å². The molecule has 1 heterocycles. The molecule has 0 spiro atoms. The van der Waals surface area contributed by atoms with Gasteiger partial charge < -0.3 is 17.0 Å². The van der Waals surface area contributed by atoms with E-state index in [4.69, 9.17) is 0 Å². The second-order valence-corrected chi connectivity index (χ2v) is 4.88. The number of nitrogens with zero attached hydrogens (tertiary/aromatic N) is 1. The predicted octanol–water partition coefficient (Wildman–Crippen LogP) is 0.614. The van der Waals surface area contributed by atoms with Crippen LogP contribution in [0.4, 0.5) is 0 Å². The smallest absolute Gasteiger partial charge is 0.183 e. The van der Waals surface area contributed by atoms with Crippen LogP contribution in [0.25, 0.3) is 0 Å². The Kier molecular flexibility index (Phi) is 6.06. The van der Waals surface area contributed by atoms with Crippen molar-refractivity contribution < 1.29 is 21.5 Å². The van der Waals surface area contributed by atoms with Gasteiger partial charge in [0.05, 0.1) is 0 Å². The first-order valence-electron chi connectivity index (χ1n) is 6.28. The Morgan fingerprint density at radius 1 is 0.889 bits per heavy atom. The third-order valence-electron chi connectivity index (χ3n) is 2.98. The average Bonchev–Trinajstić information content (AvgIpc) is 2.38. The van der Waals surface area contributed by atoms with Crippen molar-refractivity contribution >= 4 is 0 Å². The van der Waals surface area contributed by atoms with Crippen LogP contribution >= 0.6 is 0 Å². The van der Waals surface area contributed by atoms with Gasteiger partial charge in [-0.05, 0) is 5.92 Å². The molecule has 1 unspecified atom stereocenters. The minimum absolute atomic E-state index is 0. The van der Waals surface area contributed by atoms with Gasteiger partial charge in [-0.2, -0.15) is 4.57 Å². The summed E-state index contributed by atoms with van der Waals surface area (Å²) in [7, 11) is 0. The van der Waals surface area contributed by atoms with Crippen LogP contribution in [0.15, 0.2) is 60.9 Å². The highest BCUT2D eigenvalue weighted by molar-refractivity contribution is 5.17. The van der Waals surface area contributed by atoms with Crippen LogP contribution in [0.3, 0.4) is 0 Å². The van der Waals surface area contributed by atoms with Gasteiger partial charge in [0.15, 0.2) is 18.4 Å². The third kappa shape index (κ3) is 3.95. The second kappa shape index (κ2) is 7.32. The molecular formula is C16H20BrN.